The molecular weight excluding hydrogens is 324 g/mol. The van der Waals surface area contributed by atoms with Crippen molar-refractivity contribution in [3.05, 3.63) is 104 Å². The average Bonchev–Trinajstić information content (AvgIpc) is 2.62. The Morgan fingerprint density at radius 1 is 0.481 bits per heavy atom. The lowest BCUT2D eigenvalue weighted by atomic mass is 9.89. The summed E-state index contributed by atoms with van der Waals surface area (Å²) < 4.78 is 0. The highest BCUT2D eigenvalue weighted by Gasteiger charge is 2.10. The zero-order valence-corrected chi connectivity index (χ0v) is 17.7. The molecule has 140 valence electrons. The van der Waals surface area contributed by atoms with Gasteiger partial charge < -0.3 is 0 Å². The van der Waals surface area contributed by atoms with Crippen LogP contribution < -0.4 is 0 Å². The molecule has 0 N–H and O–H groups in total. The van der Waals surface area contributed by atoms with Crippen LogP contribution in [0.2, 0.25) is 0 Å². The highest BCUT2D eigenvalue weighted by Crippen LogP contribution is 2.24. The van der Waals surface area contributed by atoms with Crippen LogP contribution in [0.5, 0.6) is 0 Å². The van der Waals surface area contributed by atoms with Crippen molar-refractivity contribution in [3.63, 3.8) is 0 Å². The van der Waals surface area contributed by atoms with Crippen LogP contribution in [0.25, 0.3) is 0 Å². The van der Waals surface area contributed by atoms with Crippen LogP contribution in [0.1, 0.15) is 55.6 Å². The van der Waals surface area contributed by atoms with Gasteiger partial charge in [-0.25, -0.2) is 0 Å². The summed E-state index contributed by atoms with van der Waals surface area (Å²) in [5.74, 6) is 0. The number of hydrogen-bond acceptors (Lipinski definition) is 0. The highest BCUT2D eigenvalue weighted by molar-refractivity contribution is 5.43. The SMILES string of the molecule is Cc1ccc(C)c(CCc2cc(C)cc(Cc3cc(C)ccc3C)c2C)c1. The maximum Gasteiger partial charge on any atom is -0.00202 e. The first-order valence-electron chi connectivity index (χ1n) is 10.0. The molecule has 0 saturated heterocycles. The minimum atomic E-state index is 1.03. The first-order chi connectivity index (χ1) is 12.8. The zero-order valence-electron chi connectivity index (χ0n) is 17.7. The highest BCUT2D eigenvalue weighted by atomic mass is 14.1. The van der Waals surface area contributed by atoms with Crippen LogP contribution >= 0.6 is 0 Å². The zero-order chi connectivity index (χ0) is 19.6. The molecule has 27 heavy (non-hydrogen) atoms. The van der Waals surface area contributed by atoms with Crippen molar-refractivity contribution in [1.82, 2.24) is 0 Å². The molecule has 0 aromatic heterocycles. The fourth-order valence-electron chi connectivity index (χ4n) is 3.99. The molecule has 0 saturated carbocycles. The summed E-state index contributed by atoms with van der Waals surface area (Å²) in [6.07, 6.45) is 3.25. The third-order valence-corrected chi connectivity index (χ3v) is 5.82. The Bertz CT molecular complexity index is 960. The summed E-state index contributed by atoms with van der Waals surface area (Å²) in [6.45, 7) is 13.3. The molecule has 0 aliphatic heterocycles. The molecule has 3 aromatic rings. The smallest absolute Gasteiger partial charge is 0.00202 e. The van der Waals surface area contributed by atoms with E-state index in [4.69, 9.17) is 0 Å². The lowest BCUT2D eigenvalue weighted by Gasteiger charge is -2.16. The monoisotopic (exact) mass is 356 g/mol. The van der Waals surface area contributed by atoms with Crippen LogP contribution in [0, 0.1) is 41.5 Å². The standard InChI is InChI=1S/C27H32/c1-18-7-9-21(4)24(13-18)11-12-25-15-20(3)16-27(23(25)6)17-26-14-19(2)8-10-22(26)5/h7-10,13-16H,11-12,17H2,1-6H3. The van der Waals surface area contributed by atoms with E-state index < -0.39 is 0 Å². The van der Waals surface area contributed by atoms with Gasteiger partial charge in [-0.15, -0.1) is 0 Å². The van der Waals surface area contributed by atoms with Gasteiger partial charge in [-0.2, -0.15) is 0 Å². The molecular formula is C27H32. The summed E-state index contributed by atoms with van der Waals surface area (Å²) in [7, 11) is 0. The molecule has 0 atom stereocenters. The quantitative estimate of drug-likeness (QED) is 0.466. The Balaban J connectivity index is 1.87. The minimum Gasteiger partial charge on any atom is -0.0590 e. The topological polar surface area (TPSA) is 0 Å². The Hall–Kier alpha value is -2.34. The molecule has 3 aromatic carbocycles. The van der Waals surface area contributed by atoms with Crippen molar-refractivity contribution in [2.45, 2.75) is 60.8 Å². The first kappa shape index (κ1) is 19.4. The molecule has 0 amide bonds. The van der Waals surface area contributed by atoms with Gasteiger partial charge in [0.1, 0.15) is 0 Å². The van der Waals surface area contributed by atoms with Gasteiger partial charge in [-0.05, 0) is 99.7 Å². The van der Waals surface area contributed by atoms with Gasteiger partial charge >= 0.3 is 0 Å². The molecule has 3 rings (SSSR count). The predicted octanol–water partition coefficient (Wildman–Crippen LogP) is 6.91. The lowest BCUT2D eigenvalue weighted by molar-refractivity contribution is 0.926. The summed E-state index contributed by atoms with van der Waals surface area (Å²) in [5.41, 5.74) is 14.2. The summed E-state index contributed by atoms with van der Waals surface area (Å²) in [6, 6.07) is 18.4. The molecule has 0 unspecified atom stereocenters. The van der Waals surface area contributed by atoms with Gasteiger partial charge in [-0.1, -0.05) is 65.2 Å². The van der Waals surface area contributed by atoms with Crippen LogP contribution in [0.3, 0.4) is 0 Å². The average molecular weight is 357 g/mol. The maximum atomic E-state index is 2.38. The first-order valence-corrected chi connectivity index (χ1v) is 10.0. The van der Waals surface area contributed by atoms with E-state index >= 15 is 0 Å². The Kier molecular flexibility index (Phi) is 5.85. The number of benzene rings is 3. The van der Waals surface area contributed by atoms with E-state index in [9.17, 15) is 0 Å². The largest absolute Gasteiger partial charge is 0.0590 e. The number of rotatable bonds is 5. The Labute approximate surface area is 165 Å². The van der Waals surface area contributed by atoms with E-state index in [2.05, 4.69) is 90.1 Å². The lowest BCUT2D eigenvalue weighted by Crippen LogP contribution is -2.02. The van der Waals surface area contributed by atoms with Gasteiger partial charge in [0.15, 0.2) is 0 Å². The summed E-state index contributed by atoms with van der Waals surface area (Å²) in [5, 5.41) is 0. The third kappa shape index (κ3) is 4.69. The number of aryl methyl sites for hydroxylation is 7. The number of hydrogen-bond donors (Lipinski definition) is 0. The van der Waals surface area contributed by atoms with Crippen LogP contribution in [-0.2, 0) is 19.3 Å². The normalized spacial score (nSPS) is 11.0. The predicted molar refractivity (Wildman–Crippen MR) is 118 cm³/mol. The second kappa shape index (κ2) is 8.13. The van der Waals surface area contributed by atoms with Crippen molar-refractivity contribution >= 4 is 0 Å². The molecule has 0 spiro atoms. The van der Waals surface area contributed by atoms with Crippen LogP contribution in [0.4, 0.5) is 0 Å². The van der Waals surface area contributed by atoms with E-state index in [-0.39, 0.29) is 0 Å². The van der Waals surface area contributed by atoms with E-state index in [0.29, 0.717) is 0 Å². The van der Waals surface area contributed by atoms with Gasteiger partial charge in [0, 0.05) is 0 Å². The van der Waals surface area contributed by atoms with E-state index in [1.54, 1.807) is 0 Å². The van der Waals surface area contributed by atoms with E-state index in [1.807, 2.05) is 0 Å². The van der Waals surface area contributed by atoms with Gasteiger partial charge in [-0.3, -0.25) is 0 Å². The van der Waals surface area contributed by atoms with Crippen molar-refractivity contribution in [3.8, 4) is 0 Å². The van der Waals surface area contributed by atoms with Gasteiger partial charge in [0.05, 0.1) is 0 Å². The maximum absolute atomic E-state index is 2.38. The Morgan fingerprint density at radius 3 is 1.63 bits per heavy atom. The Morgan fingerprint density at radius 2 is 0.963 bits per heavy atom. The van der Waals surface area contributed by atoms with Gasteiger partial charge in [0.25, 0.3) is 0 Å². The van der Waals surface area contributed by atoms with Crippen molar-refractivity contribution in [2.75, 3.05) is 0 Å². The molecule has 0 aliphatic rings. The summed E-state index contributed by atoms with van der Waals surface area (Å²) in [4.78, 5) is 0. The van der Waals surface area contributed by atoms with Crippen molar-refractivity contribution in [2.24, 2.45) is 0 Å². The third-order valence-electron chi connectivity index (χ3n) is 5.82. The van der Waals surface area contributed by atoms with Crippen LogP contribution in [-0.4, -0.2) is 0 Å². The van der Waals surface area contributed by atoms with E-state index in [0.717, 1.165) is 19.3 Å². The molecule has 0 heteroatoms. The van der Waals surface area contributed by atoms with Gasteiger partial charge in [0.2, 0.25) is 0 Å². The molecule has 0 bridgehead atoms. The molecule has 0 radical (unpaired) electrons. The van der Waals surface area contributed by atoms with E-state index in [1.165, 1.54) is 55.6 Å². The fourth-order valence-corrected chi connectivity index (χ4v) is 3.99. The summed E-state index contributed by atoms with van der Waals surface area (Å²) >= 11 is 0. The second-order valence-corrected chi connectivity index (χ2v) is 8.24. The molecule has 0 heterocycles. The van der Waals surface area contributed by atoms with Crippen molar-refractivity contribution < 1.29 is 0 Å². The molecule has 0 nitrogen and oxygen atoms in total. The second-order valence-electron chi connectivity index (χ2n) is 8.24. The van der Waals surface area contributed by atoms with Crippen molar-refractivity contribution in [1.29, 1.82) is 0 Å². The fraction of sp³-hybridized carbons (Fsp3) is 0.333. The van der Waals surface area contributed by atoms with Crippen LogP contribution in [0.15, 0.2) is 48.5 Å². The minimum absolute atomic E-state index is 1.03. The molecule has 0 fully saturated rings. The molecule has 0 aliphatic carbocycles.